The second kappa shape index (κ2) is 11.0. The van der Waals surface area contributed by atoms with E-state index in [2.05, 4.69) is 21.2 Å². The van der Waals surface area contributed by atoms with Crippen molar-refractivity contribution >= 4 is 43.6 Å². The Morgan fingerprint density at radius 1 is 1.10 bits per heavy atom. The fourth-order valence-electron chi connectivity index (χ4n) is 3.93. The first kappa shape index (κ1) is 24.3. The molecule has 2 aromatic rings. The number of nitrogens with zero attached hydrogens (tertiary/aromatic N) is 1. The van der Waals surface area contributed by atoms with Gasteiger partial charge in [-0.2, -0.15) is 4.31 Å². The molecular formula is C23H29BrN2O3S2. The van der Waals surface area contributed by atoms with E-state index in [0.29, 0.717) is 0 Å². The summed E-state index contributed by atoms with van der Waals surface area (Å²) in [6, 6.07) is 14.3. The number of benzene rings is 2. The number of carbonyl (C=O) groups is 1. The van der Waals surface area contributed by atoms with E-state index >= 15 is 0 Å². The molecule has 31 heavy (non-hydrogen) atoms. The second-order valence-corrected chi connectivity index (χ2v) is 11.5. The second-order valence-electron chi connectivity index (χ2n) is 7.86. The molecule has 0 unspecified atom stereocenters. The molecule has 2 aromatic carbocycles. The van der Waals surface area contributed by atoms with Crippen molar-refractivity contribution in [1.82, 2.24) is 9.62 Å². The van der Waals surface area contributed by atoms with Crippen LogP contribution in [0.4, 0.5) is 0 Å². The van der Waals surface area contributed by atoms with Crippen LogP contribution in [-0.2, 0) is 14.8 Å². The minimum Gasteiger partial charge on any atom is -0.348 e. The van der Waals surface area contributed by atoms with E-state index in [-0.39, 0.29) is 29.4 Å². The molecule has 1 aliphatic rings. The fourth-order valence-corrected chi connectivity index (χ4v) is 6.24. The van der Waals surface area contributed by atoms with Gasteiger partial charge >= 0.3 is 0 Å². The Bertz CT molecular complexity index is 973. The van der Waals surface area contributed by atoms with Crippen LogP contribution < -0.4 is 5.32 Å². The zero-order chi connectivity index (χ0) is 22.4. The molecule has 0 saturated heterocycles. The van der Waals surface area contributed by atoms with Gasteiger partial charge in [0, 0.05) is 15.4 Å². The number of hydrogen-bond acceptors (Lipinski definition) is 4. The van der Waals surface area contributed by atoms with Crippen molar-refractivity contribution in [2.45, 2.75) is 60.9 Å². The topological polar surface area (TPSA) is 66.5 Å². The Kier molecular flexibility index (Phi) is 8.61. The van der Waals surface area contributed by atoms with Crippen LogP contribution in [0.3, 0.4) is 0 Å². The van der Waals surface area contributed by atoms with Crippen LogP contribution in [0.1, 0.15) is 50.6 Å². The van der Waals surface area contributed by atoms with Gasteiger partial charge in [-0.05, 0) is 68.0 Å². The average Bonchev–Trinajstić information content (AvgIpc) is 2.78. The Morgan fingerprint density at radius 3 is 2.29 bits per heavy atom. The molecule has 0 spiro atoms. The Hall–Kier alpha value is -1.35. The van der Waals surface area contributed by atoms with E-state index in [1.54, 1.807) is 36.0 Å². The third-order valence-electron chi connectivity index (χ3n) is 5.69. The van der Waals surface area contributed by atoms with Gasteiger partial charge in [-0.1, -0.05) is 47.3 Å². The lowest BCUT2D eigenvalue weighted by Gasteiger charge is -2.33. The van der Waals surface area contributed by atoms with Gasteiger partial charge in [-0.25, -0.2) is 8.42 Å². The number of halogens is 1. The van der Waals surface area contributed by atoms with Crippen LogP contribution in [0, 0.1) is 0 Å². The summed E-state index contributed by atoms with van der Waals surface area (Å²) in [5, 5.41) is 2.98. The van der Waals surface area contributed by atoms with E-state index in [1.165, 1.54) is 4.31 Å². The SMILES string of the molecule is CSc1ccc([C@H](C)NC(=O)CN(C2CCCCC2)S(=O)(=O)c2ccc(Br)cc2)cc1. The van der Waals surface area contributed by atoms with Crippen molar-refractivity contribution in [3.8, 4) is 0 Å². The predicted octanol–water partition coefficient (Wildman–Crippen LogP) is 5.37. The summed E-state index contributed by atoms with van der Waals surface area (Å²) in [4.78, 5) is 14.3. The van der Waals surface area contributed by atoms with Gasteiger partial charge < -0.3 is 5.32 Å². The van der Waals surface area contributed by atoms with Gasteiger partial charge in [-0.15, -0.1) is 11.8 Å². The first-order chi connectivity index (χ1) is 14.8. The summed E-state index contributed by atoms with van der Waals surface area (Å²) >= 11 is 5.02. The Balaban J connectivity index is 1.77. The van der Waals surface area contributed by atoms with Crippen LogP contribution in [0.5, 0.6) is 0 Å². The highest BCUT2D eigenvalue weighted by atomic mass is 79.9. The first-order valence-corrected chi connectivity index (χ1v) is 14.0. The normalized spacial score (nSPS) is 16.3. The van der Waals surface area contributed by atoms with Crippen LogP contribution in [-0.4, -0.2) is 37.5 Å². The third kappa shape index (κ3) is 6.34. The van der Waals surface area contributed by atoms with Gasteiger partial charge in [0.2, 0.25) is 15.9 Å². The molecule has 0 radical (unpaired) electrons. The van der Waals surface area contributed by atoms with Crippen LogP contribution in [0.15, 0.2) is 62.8 Å². The molecule has 8 heteroatoms. The average molecular weight is 526 g/mol. The fraction of sp³-hybridized carbons (Fsp3) is 0.435. The number of amides is 1. The third-order valence-corrected chi connectivity index (χ3v) is 8.88. The van der Waals surface area contributed by atoms with Gasteiger partial charge in [-0.3, -0.25) is 4.79 Å². The molecule has 0 heterocycles. The number of thioether (sulfide) groups is 1. The summed E-state index contributed by atoms with van der Waals surface area (Å²) < 4.78 is 29.1. The summed E-state index contributed by atoms with van der Waals surface area (Å²) in [5.41, 5.74) is 0.992. The van der Waals surface area contributed by atoms with E-state index < -0.39 is 10.0 Å². The molecule has 0 aliphatic heterocycles. The van der Waals surface area contributed by atoms with Crippen molar-refractivity contribution in [3.63, 3.8) is 0 Å². The van der Waals surface area contributed by atoms with E-state index in [4.69, 9.17) is 0 Å². The lowest BCUT2D eigenvalue weighted by molar-refractivity contribution is -0.122. The standard InChI is InChI=1S/C23H29BrN2O3S2/c1-17(18-8-12-21(30-2)13-9-18)25-23(27)16-26(20-6-4-3-5-7-20)31(28,29)22-14-10-19(24)11-15-22/h8-15,17,20H,3-7,16H2,1-2H3,(H,25,27)/t17-/m0/s1. The molecule has 5 nitrogen and oxygen atoms in total. The molecule has 1 amide bonds. The number of hydrogen-bond donors (Lipinski definition) is 1. The zero-order valence-corrected chi connectivity index (χ0v) is 21.1. The molecular weight excluding hydrogens is 496 g/mol. The number of nitrogens with one attached hydrogen (secondary N) is 1. The quantitative estimate of drug-likeness (QED) is 0.471. The molecule has 1 aliphatic carbocycles. The van der Waals surface area contributed by atoms with E-state index in [1.807, 2.05) is 37.4 Å². The van der Waals surface area contributed by atoms with Crippen molar-refractivity contribution in [2.24, 2.45) is 0 Å². The van der Waals surface area contributed by atoms with Crippen LogP contribution >= 0.6 is 27.7 Å². The van der Waals surface area contributed by atoms with Crippen molar-refractivity contribution < 1.29 is 13.2 Å². The van der Waals surface area contributed by atoms with Crippen molar-refractivity contribution in [3.05, 3.63) is 58.6 Å². The summed E-state index contributed by atoms with van der Waals surface area (Å²) in [6.45, 7) is 1.75. The summed E-state index contributed by atoms with van der Waals surface area (Å²) in [5.74, 6) is -0.285. The van der Waals surface area contributed by atoms with Crippen molar-refractivity contribution in [2.75, 3.05) is 12.8 Å². The van der Waals surface area contributed by atoms with Gasteiger partial charge in [0.05, 0.1) is 17.5 Å². The van der Waals surface area contributed by atoms with Gasteiger partial charge in [0.1, 0.15) is 0 Å². The highest BCUT2D eigenvalue weighted by molar-refractivity contribution is 9.10. The maximum atomic E-state index is 13.4. The first-order valence-electron chi connectivity index (χ1n) is 10.5. The Labute approximate surface area is 198 Å². The summed E-state index contributed by atoms with van der Waals surface area (Å²) in [6.07, 6.45) is 6.67. The van der Waals surface area contributed by atoms with E-state index in [9.17, 15) is 13.2 Å². The molecule has 3 rings (SSSR count). The number of rotatable bonds is 8. The van der Waals surface area contributed by atoms with Gasteiger partial charge in [0.15, 0.2) is 0 Å². The van der Waals surface area contributed by atoms with E-state index in [0.717, 1.165) is 47.0 Å². The monoisotopic (exact) mass is 524 g/mol. The maximum Gasteiger partial charge on any atom is 0.243 e. The molecule has 1 N–H and O–H groups in total. The lowest BCUT2D eigenvalue weighted by atomic mass is 9.95. The molecule has 0 bridgehead atoms. The van der Waals surface area contributed by atoms with Gasteiger partial charge in [0.25, 0.3) is 0 Å². The maximum absolute atomic E-state index is 13.4. The minimum atomic E-state index is -3.77. The highest BCUT2D eigenvalue weighted by Gasteiger charge is 2.34. The van der Waals surface area contributed by atoms with Crippen LogP contribution in [0.25, 0.3) is 0 Å². The van der Waals surface area contributed by atoms with Crippen molar-refractivity contribution in [1.29, 1.82) is 0 Å². The highest BCUT2D eigenvalue weighted by Crippen LogP contribution is 2.28. The molecule has 1 fully saturated rings. The smallest absolute Gasteiger partial charge is 0.243 e. The Morgan fingerprint density at radius 2 is 1.71 bits per heavy atom. The molecule has 1 saturated carbocycles. The van der Waals surface area contributed by atoms with Crippen LogP contribution in [0.2, 0.25) is 0 Å². The number of sulfonamides is 1. The summed E-state index contributed by atoms with van der Waals surface area (Å²) in [7, 11) is -3.77. The zero-order valence-electron chi connectivity index (χ0n) is 17.9. The largest absolute Gasteiger partial charge is 0.348 e. The molecule has 1 atom stereocenters. The number of carbonyl (C=O) groups excluding carboxylic acids is 1. The minimum absolute atomic E-state index is 0.149. The molecule has 168 valence electrons. The molecule has 0 aromatic heterocycles. The lowest BCUT2D eigenvalue weighted by Crippen LogP contribution is -2.47. The predicted molar refractivity (Wildman–Crippen MR) is 130 cm³/mol.